The maximum atomic E-state index is 13.0. The van der Waals surface area contributed by atoms with Crippen LogP contribution >= 0.6 is 11.6 Å². The van der Waals surface area contributed by atoms with E-state index in [-0.39, 0.29) is 12.7 Å². The number of carbonyl (C=O) groups is 1. The van der Waals surface area contributed by atoms with Crippen molar-refractivity contribution in [3.63, 3.8) is 0 Å². The van der Waals surface area contributed by atoms with Gasteiger partial charge in [0, 0.05) is 18.9 Å². The highest BCUT2D eigenvalue weighted by Gasteiger charge is 2.21. The summed E-state index contributed by atoms with van der Waals surface area (Å²) in [6, 6.07) is 16.7. The quantitative estimate of drug-likeness (QED) is 0.530. The molecule has 3 heterocycles. The molecule has 1 amide bonds. The van der Waals surface area contributed by atoms with Crippen LogP contribution in [0, 0.1) is 0 Å². The largest absolute Gasteiger partial charge is 0.454 e. The van der Waals surface area contributed by atoms with E-state index in [1.54, 1.807) is 16.9 Å². The third kappa shape index (κ3) is 3.29. The summed E-state index contributed by atoms with van der Waals surface area (Å²) in [7, 11) is 0. The molecule has 1 aliphatic heterocycles. The van der Waals surface area contributed by atoms with E-state index in [4.69, 9.17) is 21.1 Å². The van der Waals surface area contributed by atoms with Crippen molar-refractivity contribution >= 4 is 17.5 Å². The number of nitrogens with one attached hydrogen (secondary N) is 1. The first kappa shape index (κ1) is 18.3. The van der Waals surface area contributed by atoms with Crippen LogP contribution in [0.1, 0.15) is 15.9 Å². The van der Waals surface area contributed by atoms with Crippen molar-refractivity contribution in [3.8, 4) is 23.0 Å². The molecule has 0 fully saturated rings. The van der Waals surface area contributed by atoms with Crippen molar-refractivity contribution in [1.29, 1.82) is 0 Å². The summed E-state index contributed by atoms with van der Waals surface area (Å²) >= 11 is 6.38. The molecule has 0 atom stereocenters. The Labute approximate surface area is 177 Å². The number of ether oxygens (including phenoxy) is 2. The third-order valence-corrected chi connectivity index (χ3v) is 5.13. The minimum Gasteiger partial charge on any atom is -0.454 e. The van der Waals surface area contributed by atoms with Crippen LogP contribution in [-0.4, -0.2) is 27.0 Å². The van der Waals surface area contributed by atoms with E-state index in [1.165, 1.54) is 0 Å². The van der Waals surface area contributed by atoms with Gasteiger partial charge in [-0.3, -0.25) is 4.79 Å². The second-order valence-electron chi connectivity index (χ2n) is 6.71. The number of benzene rings is 2. The molecule has 150 valence electrons. The average molecular weight is 421 g/mol. The highest BCUT2D eigenvalue weighted by Crippen LogP contribution is 2.32. The van der Waals surface area contributed by atoms with Gasteiger partial charge < -0.3 is 19.4 Å². The molecular formula is C22H17ClN4O3. The third-order valence-electron chi connectivity index (χ3n) is 4.81. The average Bonchev–Trinajstić information content (AvgIpc) is 3.51. The van der Waals surface area contributed by atoms with Crippen molar-refractivity contribution in [1.82, 2.24) is 19.7 Å². The maximum Gasteiger partial charge on any atom is 0.256 e. The summed E-state index contributed by atoms with van der Waals surface area (Å²) in [6.45, 7) is 0.560. The molecule has 2 aromatic heterocycles. The van der Waals surface area contributed by atoms with Crippen LogP contribution < -0.4 is 14.8 Å². The number of fused-ring (bicyclic) bond motifs is 1. The van der Waals surface area contributed by atoms with Crippen molar-refractivity contribution in [2.24, 2.45) is 0 Å². The Balaban J connectivity index is 1.45. The molecule has 2 aromatic carbocycles. The minimum absolute atomic E-state index is 0.215. The van der Waals surface area contributed by atoms with Crippen LogP contribution in [0.2, 0.25) is 5.02 Å². The van der Waals surface area contributed by atoms with Gasteiger partial charge in [-0.2, -0.15) is 5.10 Å². The smallest absolute Gasteiger partial charge is 0.256 e. The van der Waals surface area contributed by atoms with Gasteiger partial charge in [-0.05, 0) is 42.0 Å². The monoisotopic (exact) mass is 420 g/mol. The van der Waals surface area contributed by atoms with Crippen LogP contribution in [0.15, 0.2) is 73.2 Å². The number of rotatable bonds is 5. The molecule has 7 nitrogen and oxygen atoms in total. The molecule has 0 saturated carbocycles. The molecule has 0 spiro atoms. The zero-order valence-corrected chi connectivity index (χ0v) is 16.5. The van der Waals surface area contributed by atoms with Gasteiger partial charge in [-0.25, -0.2) is 4.68 Å². The summed E-state index contributed by atoms with van der Waals surface area (Å²) in [4.78, 5) is 13.0. The molecule has 0 radical (unpaired) electrons. The Morgan fingerprint density at radius 3 is 2.70 bits per heavy atom. The molecule has 0 saturated heterocycles. The van der Waals surface area contributed by atoms with Gasteiger partial charge in [0.05, 0.1) is 16.9 Å². The second-order valence-corrected chi connectivity index (χ2v) is 7.11. The first-order valence-corrected chi connectivity index (χ1v) is 9.71. The van der Waals surface area contributed by atoms with Crippen LogP contribution in [0.25, 0.3) is 11.5 Å². The van der Waals surface area contributed by atoms with Gasteiger partial charge in [-0.15, -0.1) is 0 Å². The van der Waals surface area contributed by atoms with Crippen LogP contribution in [0.5, 0.6) is 11.5 Å². The fraction of sp³-hybridized carbons (Fsp3) is 0.0909. The molecule has 0 unspecified atom stereocenters. The van der Waals surface area contributed by atoms with Gasteiger partial charge in [0.15, 0.2) is 17.3 Å². The summed E-state index contributed by atoms with van der Waals surface area (Å²) in [5.41, 5.74) is 2.04. The Morgan fingerprint density at radius 2 is 1.87 bits per heavy atom. The van der Waals surface area contributed by atoms with Crippen LogP contribution in [0.3, 0.4) is 0 Å². The lowest BCUT2D eigenvalue weighted by molar-refractivity contribution is 0.0951. The second kappa shape index (κ2) is 7.61. The summed E-state index contributed by atoms with van der Waals surface area (Å²) in [6.07, 6.45) is 5.27. The number of nitrogens with zero attached hydrogens (tertiary/aromatic N) is 3. The molecule has 30 heavy (non-hydrogen) atoms. The fourth-order valence-corrected chi connectivity index (χ4v) is 3.57. The molecule has 1 aliphatic rings. The maximum absolute atomic E-state index is 13.0. The predicted octanol–water partition coefficient (Wildman–Crippen LogP) is 3.98. The molecule has 5 rings (SSSR count). The molecule has 0 bridgehead atoms. The van der Waals surface area contributed by atoms with Gasteiger partial charge >= 0.3 is 0 Å². The Morgan fingerprint density at radius 1 is 1.07 bits per heavy atom. The van der Waals surface area contributed by atoms with E-state index >= 15 is 0 Å². The zero-order valence-electron chi connectivity index (χ0n) is 15.8. The zero-order chi connectivity index (χ0) is 20.5. The lowest BCUT2D eigenvalue weighted by Crippen LogP contribution is -2.24. The number of hydrogen-bond acceptors (Lipinski definition) is 4. The fourth-order valence-electron chi connectivity index (χ4n) is 3.35. The van der Waals surface area contributed by atoms with E-state index in [0.717, 1.165) is 5.56 Å². The SMILES string of the molecule is O=C(NCc1ccc2c(c1)OCO2)c1cnn(-c2ccccc2Cl)c1-n1cccc1. The Bertz CT molecular complexity index is 1220. The topological polar surface area (TPSA) is 70.3 Å². The molecular weight excluding hydrogens is 404 g/mol. The Hall–Kier alpha value is -3.71. The van der Waals surface area contributed by atoms with Gasteiger partial charge in [0.25, 0.3) is 5.91 Å². The minimum atomic E-state index is -0.241. The summed E-state index contributed by atoms with van der Waals surface area (Å²) in [5.74, 6) is 1.76. The van der Waals surface area contributed by atoms with Crippen molar-refractivity contribution < 1.29 is 14.3 Å². The van der Waals surface area contributed by atoms with Gasteiger partial charge in [0.2, 0.25) is 6.79 Å². The first-order valence-electron chi connectivity index (χ1n) is 9.34. The lowest BCUT2D eigenvalue weighted by atomic mass is 10.2. The van der Waals surface area contributed by atoms with Gasteiger partial charge in [-0.1, -0.05) is 29.8 Å². The van der Waals surface area contributed by atoms with Crippen molar-refractivity contribution in [2.75, 3.05) is 6.79 Å². The standard InChI is InChI=1S/C22H17ClN4O3/c23-17-5-1-2-6-18(17)27-22(26-9-3-4-10-26)16(13-25-27)21(28)24-12-15-7-8-19-20(11-15)30-14-29-19/h1-11,13H,12,14H2,(H,24,28). The van der Waals surface area contributed by atoms with E-state index in [2.05, 4.69) is 10.4 Å². The number of halogens is 1. The number of hydrogen-bond donors (Lipinski definition) is 1. The Kier molecular flexibility index (Phi) is 4.65. The van der Waals surface area contributed by atoms with Crippen LogP contribution in [0.4, 0.5) is 0 Å². The van der Waals surface area contributed by atoms with E-state index in [1.807, 2.05) is 65.5 Å². The number of aromatic nitrogens is 3. The van der Waals surface area contributed by atoms with Crippen molar-refractivity contribution in [3.05, 3.63) is 89.3 Å². The number of amides is 1. The molecule has 4 aromatic rings. The molecule has 1 N–H and O–H groups in total. The summed E-state index contributed by atoms with van der Waals surface area (Å²) < 4.78 is 14.2. The first-order chi connectivity index (χ1) is 14.7. The van der Waals surface area contributed by atoms with E-state index < -0.39 is 0 Å². The highest BCUT2D eigenvalue weighted by atomic mass is 35.5. The predicted molar refractivity (Wildman–Crippen MR) is 112 cm³/mol. The summed E-state index contributed by atoms with van der Waals surface area (Å²) in [5, 5.41) is 7.94. The van der Waals surface area contributed by atoms with Gasteiger partial charge in [0.1, 0.15) is 5.56 Å². The normalized spacial score (nSPS) is 12.2. The number of carbonyl (C=O) groups excluding carboxylic acids is 1. The number of para-hydroxylation sites is 1. The molecule has 0 aliphatic carbocycles. The van der Waals surface area contributed by atoms with Crippen molar-refractivity contribution in [2.45, 2.75) is 6.54 Å². The highest BCUT2D eigenvalue weighted by molar-refractivity contribution is 6.32. The van der Waals surface area contributed by atoms with Crippen LogP contribution in [-0.2, 0) is 6.54 Å². The lowest BCUT2D eigenvalue weighted by Gasteiger charge is -2.12. The van der Waals surface area contributed by atoms with E-state index in [0.29, 0.717) is 40.1 Å². The van der Waals surface area contributed by atoms with E-state index in [9.17, 15) is 4.79 Å². The molecule has 8 heteroatoms.